The first kappa shape index (κ1) is 15.5. The third kappa shape index (κ3) is 4.27. The number of aliphatic hydroxyl groups is 1. The Morgan fingerprint density at radius 1 is 1.28 bits per heavy atom. The van der Waals surface area contributed by atoms with Crippen molar-refractivity contribution in [2.24, 2.45) is 0 Å². The van der Waals surface area contributed by atoms with E-state index in [0.717, 1.165) is 5.56 Å². The van der Waals surface area contributed by atoms with Crippen molar-refractivity contribution in [3.63, 3.8) is 0 Å². The molecule has 0 radical (unpaired) electrons. The van der Waals surface area contributed by atoms with E-state index in [1.165, 1.54) is 12.1 Å². The zero-order chi connectivity index (χ0) is 13.8. The number of sulfonamides is 1. The van der Waals surface area contributed by atoms with Gasteiger partial charge < -0.3 is 5.11 Å². The molecule has 0 fully saturated rings. The molecule has 4 nitrogen and oxygen atoms in total. The van der Waals surface area contributed by atoms with E-state index in [-0.39, 0.29) is 4.90 Å². The van der Waals surface area contributed by atoms with Crippen LogP contribution in [0, 0.1) is 0 Å². The maximum absolute atomic E-state index is 12.7. The summed E-state index contributed by atoms with van der Waals surface area (Å²) in [6, 6.07) is 5.81. The van der Waals surface area contributed by atoms with Crippen molar-refractivity contribution < 1.29 is 22.3 Å². The Morgan fingerprint density at radius 3 is 2.28 bits per heavy atom. The van der Waals surface area contributed by atoms with Crippen molar-refractivity contribution in [3.8, 4) is 0 Å². The van der Waals surface area contributed by atoms with Crippen molar-refractivity contribution in [2.45, 2.75) is 16.1 Å². The van der Waals surface area contributed by atoms with Crippen molar-refractivity contribution in [2.75, 3.05) is 13.2 Å². The summed E-state index contributed by atoms with van der Waals surface area (Å²) in [5.41, 5.74) is 0.870. The van der Waals surface area contributed by atoms with Gasteiger partial charge in [0.05, 0.1) is 11.4 Å². The molecule has 0 spiro atoms. The summed E-state index contributed by atoms with van der Waals surface area (Å²) in [5, 5.41) is 8.91. The first-order valence-corrected chi connectivity index (χ1v) is 7.54. The quantitative estimate of drug-likeness (QED) is 0.769. The minimum Gasteiger partial charge on any atom is -0.390 e. The summed E-state index contributed by atoms with van der Waals surface area (Å²) in [4.78, 5) is -0.0964. The van der Waals surface area contributed by atoms with Crippen LogP contribution < -0.4 is 4.72 Å². The molecule has 2 N–H and O–H groups in total. The zero-order valence-corrected chi connectivity index (χ0v) is 11.6. The summed E-state index contributed by atoms with van der Waals surface area (Å²) < 4.78 is 50.5. The van der Waals surface area contributed by atoms with Gasteiger partial charge in [0.2, 0.25) is 10.0 Å². The first-order valence-electron chi connectivity index (χ1n) is 4.94. The Kier molecular flexibility index (Phi) is 5.20. The molecule has 0 saturated heterocycles. The van der Waals surface area contributed by atoms with E-state index in [1.54, 1.807) is 16.9 Å². The average molecular weight is 344 g/mol. The van der Waals surface area contributed by atoms with Gasteiger partial charge in [-0.3, -0.25) is 0 Å². The highest BCUT2D eigenvalue weighted by atomic mass is 79.9. The second-order valence-electron chi connectivity index (χ2n) is 3.62. The van der Waals surface area contributed by atoms with Crippen molar-refractivity contribution in [3.05, 3.63) is 29.8 Å². The lowest BCUT2D eigenvalue weighted by Crippen LogP contribution is -2.38. The van der Waals surface area contributed by atoms with Gasteiger partial charge in [-0.1, -0.05) is 28.1 Å². The lowest BCUT2D eigenvalue weighted by Gasteiger charge is -2.14. The summed E-state index contributed by atoms with van der Waals surface area (Å²) in [6.45, 7) is -2.54. The van der Waals surface area contributed by atoms with Crippen LogP contribution in [0.25, 0.3) is 0 Å². The number of alkyl halides is 3. The second kappa shape index (κ2) is 6.05. The summed E-state index contributed by atoms with van der Waals surface area (Å²) in [6.07, 6.45) is 0. The number of hydrogen-bond acceptors (Lipinski definition) is 3. The Balaban J connectivity index is 2.80. The molecule has 8 heteroatoms. The Labute approximate surface area is 112 Å². The maximum atomic E-state index is 12.7. The van der Waals surface area contributed by atoms with Crippen LogP contribution in [-0.4, -0.2) is 32.6 Å². The minimum atomic E-state index is -3.98. The fourth-order valence-corrected chi connectivity index (χ4v) is 2.53. The molecule has 1 aromatic rings. The van der Waals surface area contributed by atoms with Gasteiger partial charge in [0.1, 0.15) is 6.61 Å². The fourth-order valence-electron chi connectivity index (χ4n) is 1.10. The Bertz CT molecular complexity index is 490. The molecule has 0 amide bonds. The standard InChI is InChI=1S/C10H12BrF2NO3S/c11-5-8-1-3-9(4-2-8)18(16,17)14-6-10(12,13)7-15/h1-4,14-15H,5-7H2. The van der Waals surface area contributed by atoms with Crippen LogP contribution in [0.5, 0.6) is 0 Å². The zero-order valence-electron chi connectivity index (χ0n) is 9.24. The number of benzene rings is 1. The molecule has 1 rings (SSSR count). The van der Waals surface area contributed by atoms with E-state index in [0.29, 0.717) is 5.33 Å². The van der Waals surface area contributed by atoms with Crippen molar-refractivity contribution >= 4 is 26.0 Å². The van der Waals surface area contributed by atoms with Gasteiger partial charge in [0.15, 0.2) is 0 Å². The monoisotopic (exact) mass is 343 g/mol. The highest BCUT2D eigenvalue weighted by Crippen LogP contribution is 2.15. The molecule has 0 aliphatic carbocycles. The largest absolute Gasteiger partial charge is 0.390 e. The maximum Gasteiger partial charge on any atom is 0.283 e. The normalized spacial score (nSPS) is 12.7. The molecule has 0 atom stereocenters. The summed E-state index contributed by atoms with van der Waals surface area (Å²) in [7, 11) is -3.98. The molecule has 1 aromatic carbocycles. The van der Waals surface area contributed by atoms with Crippen LogP contribution in [0.3, 0.4) is 0 Å². The van der Waals surface area contributed by atoms with E-state index in [9.17, 15) is 17.2 Å². The molecule has 0 saturated carbocycles. The molecular weight excluding hydrogens is 332 g/mol. The summed E-state index contributed by atoms with van der Waals surface area (Å²) >= 11 is 3.21. The van der Waals surface area contributed by atoms with Crippen LogP contribution in [-0.2, 0) is 15.4 Å². The third-order valence-corrected chi connectivity index (χ3v) is 4.20. The molecular formula is C10H12BrF2NO3S. The van der Waals surface area contributed by atoms with Crippen LogP contribution in [0.2, 0.25) is 0 Å². The van der Waals surface area contributed by atoms with Crippen molar-refractivity contribution in [1.82, 2.24) is 4.72 Å². The van der Waals surface area contributed by atoms with Gasteiger partial charge in [0, 0.05) is 5.33 Å². The minimum absolute atomic E-state index is 0.0964. The van der Waals surface area contributed by atoms with E-state index in [2.05, 4.69) is 15.9 Å². The first-order chi connectivity index (χ1) is 8.30. The third-order valence-electron chi connectivity index (χ3n) is 2.14. The number of nitrogens with one attached hydrogen (secondary N) is 1. The predicted molar refractivity (Wildman–Crippen MR) is 66.3 cm³/mol. The van der Waals surface area contributed by atoms with Crippen LogP contribution in [0.15, 0.2) is 29.2 Å². The molecule has 0 aliphatic heterocycles. The highest BCUT2D eigenvalue weighted by molar-refractivity contribution is 9.08. The van der Waals surface area contributed by atoms with E-state index < -0.39 is 29.1 Å². The number of aliphatic hydroxyl groups excluding tert-OH is 1. The number of rotatable bonds is 6. The van der Waals surface area contributed by atoms with Gasteiger partial charge in [-0.15, -0.1) is 0 Å². The van der Waals surface area contributed by atoms with E-state index >= 15 is 0 Å². The van der Waals surface area contributed by atoms with E-state index in [4.69, 9.17) is 5.11 Å². The molecule has 0 unspecified atom stereocenters. The van der Waals surface area contributed by atoms with Gasteiger partial charge >= 0.3 is 0 Å². The Hall–Kier alpha value is -0.570. The Morgan fingerprint density at radius 2 is 1.83 bits per heavy atom. The SMILES string of the molecule is O=S(=O)(NCC(F)(F)CO)c1ccc(CBr)cc1. The number of hydrogen-bond donors (Lipinski definition) is 2. The predicted octanol–water partition coefficient (Wildman–Crippen LogP) is 1.49. The lowest BCUT2D eigenvalue weighted by molar-refractivity contribution is -0.0437. The molecule has 0 bridgehead atoms. The smallest absolute Gasteiger partial charge is 0.283 e. The van der Waals surface area contributed by atoms with Gasteiger partial charge in [-0.05, 0) is 17.7 Å². The lowest BCUT2D eigenvalue weighted by atomic mass is 10.2. The van der Waals surface area contributed by atoms with Crippen molar-refractivity contribution in [1.29, 1.82) is 0 Å². The second-order valence-corrected chi connectivity index (χ2v) is 5.94. The van der Waals surface area contributed by atoms with Gasteiger partial charge in [0.25, 0.3) is 5.92 Å². The van der Waals surface area contributed by atoms with Crippen LogP contribution in [0.1, 0.15) is 5.56 Å². The topological polar surface area (TPSA) is 66.4 Å². The molecule has 0 aromatic heterocycles. The fraction of sp³-hybridized carbons (Fsp3) is 0.400. The number of halogens is 3. The van der Waals surface area contributed by atoms with Crippen LogP contribution >= 0.6 is 15.9 Å². The molecule has 0 heterocycles. The van der Waals surface area contributed by atoms with E-state index in [1.807, 2.05) is 0 Å². The molecule has 18 heavy (non-hydrogen) atoms. The highest BCUT2D eigenvalue weighted by Gasteiger charge is 2.30. The van der Waals surface area contributed by atoms with Gasteiger partial charge in [-0.2, -0.15) is 0 Å². The van der Waals surface area contributed by atoms with Crippen LogP contribution in [0.4, 0.5) is 8.78 Å². The van der Waals surface area contributed by atoms with Gasteiger partial charge in [-0.25, -0.2) is 21.9 Å². The molecule has 0 aliphatic rings. The molecule has 102 valence electrons. The summed E-state index contributed by atoms with van der Waals surface area (Å²) in [5.74, 6) is -3.47. The average Bonchev–Trinajstić information content (AvgIpc) is 2.37.